The van der Waals surface area contributed by atoms with E-state index in [1.54, 1.807) is 14.1 Å². The average molecular weight is 197 g/mol. The van der Waals surface area contributed by atoms with Crippen molar-refractivity contribution in [2.75, 3.05) is 14.1 Å². The summed E-state index contributed by atoms with van der Waals surface area (Å²) in [5.74, 6) is 0.340. The summed E-state index contributed by atoms with van der Waals surface area (Å²) in [5, 5.41) is 3.63. The molecule has 0 saturated carbocycles. The minimum Gasteiger partial charge on any atom is -0.342 e. The summed E-state index contributed by atoms with van der Waals surface area (Å²) < 4.78 is 4.99. The average Bonchev–Trinajstić information content (AvgIpc) is 2.49. The zero-order valence-corrected chi connectivity index (χ0v) is 9.16. The van der Waals surface area contributed by atoms with E-state index in [0.29, 0.717) is 5.89 Å². The fourth-order valence-corrected chi connectivity index (χ4v) is 0.815. The predicted molar refractivity (Wildman–Crippen MR) is 51.0 cm³/mol. The molecule has 0 spiro atoms. The maximum atomic E-state index is 11.4. The van der Waals surface area contributed by atoms with Crippen LogP contribution in [-0.2, 0) is 5.41 Å². The largest absolute Gasteiger partial charge is 0.342 e. The second-order valence-corrected chi connectivity index (χ2v) is 4.37. The minimum absolute atomic E-state index is 0.111. The van der Waals surface area contributed by atoms with Crippen LogP contribution in [0, 0.1) is 0 Å². The first kappa shape index (κ1) is 10.7. The number of hydrogen-bond acceptors (Lipinski definition) is 4. The van der Waals surface area contributed by atoms with E-state index in [4.69, 9.17) is 4.52 Å². The highest BCUT2D eigenvalue weighted by Crippen LogP contribution is 2.19. The van der Waals surface area contributed by atoms with Gasteiger partial charge in [-0.15, -0.1) is 0 Å². The van der Waals surface area contributed by atoms with Crippen LogP contribution < -0.4 is 0 Å². The number of aromatic nitrogens is 2. The third kappa shape index (κ3) is 2.10. The second-order valence-electron chi connectivity index (χ2n) is 4.37. The maximum Gasteiger partial charge on any atom is 0.294 e. The van der Waals surface area contributed by atoms with Gasteiger partial charge in [0.05, 0.1) is 0 Å². The summed E-state index contributed by atoms with van der Waals surface area (Å²) in [5.41, 5.74) is -0.224. The van der Waals surface area contributed by atoms with Crippen LogP contribution in [0.2, 0.25) is 0 Å². The first-order valence-corrected chi connectivity index (χ1v) is 4.38. The third-order valence-electron chi connectivity index (χ3n) is 1.67. The lowest BCUT2D eigenvalue weighted by molar-refractivity contribution is 0.0812. The van der Waals surface area contributed by atoms with Gasteiger partial charge in [-0.3, -0.25) is 4.79 Å². The molecule has 0 saturated heterocycles. The lowest BCUT2D eigenvalue weighted by Gasteiger charge is -2.10. The van der Waals surface area contributed by atoms with Crippen molar-refractivity contribution in [1.82, 2.24) is 15.0 Å². The van der Waals surface area contributed by atoms with Crippen LogP contribution in [0.1, 0.15) is 37.3 Å². The Kier molecular flexibility index (Phi) is 2.59. The summed E-state index contributed by atoms with van der Waals surface area (Å²) >= 11 is 0. The molecule has 1 heterocycles. The van der Waals surface area contributed by atoms with Gasteiger partial charge in [0.1, 0.15) is 0 Å². The molecule has 0 aliphatic carbocycles. The van der Waals surface area contributed by atoms with Crippen molar-refractivity contribution >= 4 is 5.91 Å². The summed E-state index contributed by atoms with van der Waals surface area (Å²) in [6.45, 7) is 5.85. The molecular formula is C9H15N3O2. The predicted octanol–water partition coefficient (Wildman–Crippen LogP) is 1.07. The highest BCUT2D eigenvalue weighted by Gasteiger charge is 2.24. The van der Waals surface area contributed by atoms with Gasteiger partial charge in [0, 0.05) is 19.5 Å². The Hall–Kier alpha value is -1.39. The van der Waals surface area contributed by atoms with Crippen molar-refractivity contribution in [2.45, 2.75) is 26.2 Å². The van der Waals surface area contributed by atoms with Crippen LogP contribution in [0.5, 0.6) is 0 Å². The zero-order valence-electron chi connectivity index (χ0n) is 9.16. The SMILES string of the molecule is CN(C)C(=O)c1noc(C(C)(C)C)n1. The van der Waals surface area contributed by atoms with E-state index in [-0.39, 0.29) is 17.1 Å². The van der Waals surface area contributed by atoms with Gasteiger partial charge in [-0.1, -0.05) is 25.9 Å². The van der Waals surface area contributed by atoms with Crippen molar-refractivity contribution < 1.29 is 9.32 Å². The molecule has 14 heavy (non-hydrogen) atoms. The molecule has 5 heteroatoms. The molecule has 0 aliphatic heterocycles. The summed E-state index contributed by atoms with van der Waals surface area (Å²) in [4.78, 5) is 16.9. The lowest BCUT2D eigenvalue weighted by atomic mass is 9.97. The molecule has 0 atom stereocenters. The molecule has 1 aromatic heterocycles. The molecule has 0 fully saturated rings. The quantitative estimate of drug-likeness (QED) is 0.675. The maximum absolute atomic E-state index is 11.4. The van der Waals surface area contributed by atoms with Gasteiger partial charge < -0.3 is 9.42 Å². The number of carbonyl (C=O) groups is 1. The van der Waals surface area contributed by atoms with Gasteiger partial charge in [-0.2, -0.15) is 4.98 Å². The number of hydrogen-bond donors (Lipinski definition) is 0. The van der Waals surface area contributed by atoms with E-state index in [2.05, 4.69) is 10.1 Å². The van der Waals surface area contributed by atoms with Gasteiger partial charge in [-0.25, -0.2) is 0 Å². The topological polar surface area (TPSA) is 59.2 Å². The molecule has 0 aliphatic rings. The van der Waals surface area contributed by atoms with Crippen LogP contribution in [0.25, 0.3) is 0 Å². The first-order chi connectivity index (χ1) is 6.32. The molecule has 0 unspecified atom stereocenters. The van der Waals surface area contributed by atoms with Crippen LogP contribution in [-0.4, -0.2) is 35.0 Å². The van der Waals surface area contributed by atoms with Crippen molar-refractivity contribution in [2.24, 2.45) is 0 Å². The smallest absolute Gasteiger partial charge is 0.294 e. The van der Waals surface area contributed by atoms with E-state index in [1.165, 1.54) is 4.90 Å². The fourth-order valence-electron chi connectivity index (χ4n) is 0.815. The highest BCUT2D eigenvalue weighted by atomic mass is 16.5. The molecule has 0 aromatic carbocycles. The van der Waals surface area contributed by atoms with Crippen molar-refractivity contribution in [3.8, 4) is 0 Å². The van der Waals surface area contributed by atoms with Gasteiger partial charge in [0.15, 0.2) is 0 Å². The van der Waals surface area contributed by atoms with Gasteiger partial charge >= 0.3 is 0 Å². The lowest BCUT2D eigenvalue weighted by Crippen LogP contribution is -2.23. The van der Waals surface area contributed by atoms with Crippen LogP contribution >= 0.6 is 0 Å². The summed E-state index contributed by atoms with van der Waals surface area (Å²) in [6.07, 6.45) is 0. The Balaban J connectivity index is 2.95. The third-order valence-corrected chi connectivity index (χ3v) is 1.67. The van der Waals surface area contributed by atoms with E-state index in [0.717, 1.165) is 0 Å². The molecule has 1 aromatic rings. The van der Waals surface area contributed by atoms with E-state index < -0.39 is 0 Å². The van der Waals surface area contributed by atoms with Gasteiger partial charge in [0.25, 0.3) is 11.7 Å². The molecule has 0 N–H and O–H groups in total. The summed E-state index contributed by atoms with van der Waals surface area (Å²) in [6, 6.07) is 0. The molecule has 78 valence electrons. The molecule has 0 radical (unpaired) electrons. The molecule has 1 rings (SSSR count). The molecule has 1 amide bonds. The van der Waals surface area contributed by atoms with Gasteiger partial charge in [0.2, 0.25) is 5.89 Å². The Labute approximate surface area is 83.1 Å². The minimum atomic E-state index is -0.246. The Bertz CT molecular complexity index is 336. The fraction of sp³-hybridized carbons (Fsp3) is 0.667. The first-order valence-electron chi connectivity index (χ1n) is 4.38. The zero-order chi connectivity index (χ0) is 10.9. The standard InChI is InChI=1S/C9H15N3O2/c1-9(2,3)8-10-6(11-14-8)7(13)12(4)5/h1-5H3. The van der Waals surface area contributed by atoms with Crippen LogP contribution in [0.15, 0.2) is 4.52 Å². The van der Waals surface area contributed by atoms with E-state index in [9.17, 15) is 4.79 Å². The van der Waals surface area contributed by atoms with Crippen LogP contribution in [0.4, 0.5) is 0 Å². The number of amides is 1. The number of rotatable bonds is 1. The Morgan fingerprint density at radius 2 is 1.93 bits per heavy atom. The van der Waals surface area contributed by atoms with Crippen molar-refractivity contribution in [1.29, 1.82) is 0 Å². The Morgan fingerprint density at radius 3 is 2.29 bits per heavy atom. The normalized spacial score (nSPS) is 11.5. The molecule has 0 bridgehead atoms. The monoisotopic (exact) mass is 197 g/mol. The van der Waals surface area contributed by atoms with Crippen molar-refractivity contribution in [3.05, 3.63) is 11.7 Å². The highest BCUT2D eigenvalue weighted by molar-refractivity contribution is 5.89. The second kappa shape index (κ2) is 3.40. The number of nitrogens with zero attached hydrogens (tertiary/aromatic N) is 3. The van der Waals surface area contributed by atoms with E-state index >= 15 is 0 Å². The van der Waals surface area contributed by atoms with Crippen molar-refractivity contribution in [3.63, 3.8) is 0 Å². The summed E-state index contributed by atoms with van der Waals surface area (Å²) in [7, 11) is 3.30. The van der Waals surface area contributed by atoms with E-state index in [1.807, 2.05) is 20.8 Å². The molecule has 5 nitrogen and oxygen atoms in total. The van der Waals surface area contributed by atoms with Crippen LogP contribution in [0.3, 0.4) is 0 Å². The Morgan fingerprint density at radius 1 is 1.36 bits per heavy atom. The number of carbonyl (C=O) groups excluding carboxylic acids is 1. The van der Waals surface area contributed by atoms with Gasteiger partial charge in [-0.05, 0) is 0 Å². The molecular weight excluding hydrogens is 182 g/mol.